The molecule has 2 aliphatic rings. The molecule has 0 aromatic carbocycles. The number of fused-ring (bicyclic) bond motifs is 1. The lowest BCUT2D eigenvalue weighted by molar-refractivity contribution is 0.264. The molecule has 1 aliphatic heterocycles. The van der Waals surface area contributed by atoms with Gasteiger partial charge in [0, 0.05) is 32.1 Å². The topological polar surface area (TPSA) is 33.1 Å². The van der Waals surface area contributed by atoms with Gasteiger partial charge in [0.1, 0.15) is 5.82 Å². The maximum atomic E-state index is 4.97. The molecule has 1 N–H and O–H groups in total. The molecule has 100 valence electrons. The molecule has 0 bridgehead atoms. The highest BCUT2D eigenvalue weighted by Gasteiger charge is 2.28. The lowest BCUT2D eigenvalue weighted by Gasteiger charge is -2.26. The van der Waals surface area contributed by atoms with Crippen LogP contribution in [0.2, 0.25) is 0 Å². The second-order valence-electron chi connectivity index (χ2n) is 5.76. The molecule has 0 radical (unpaired) electrons. The predicted molar refractivity (Wildman–Crippen MR) is 72.5 cm³/mol. The first-order valence-corrected chi connectivity index (χ1v) is 7.21. The molecule has 4 nitrogen and oxygen atoms in total. The normalized spacial score (nSPS) is 21.4. The number of nitrogens with zero attached hydrogens (tertiary/aromatic N) is 3. The van der Waals surface area contributed by atoms with Crippen molar-refractivity contribution in [1.82, 2.24) is 19.8 Å². The van der Waals surface area contributed by atoms with Crippen molar-refractivity contribution in [2.45, 2.75) is 51.2 Å². The molecule has 4 heteroatoms. The highest BCUT2D eigenvalue weighted by molar-refractivity contribution is 5.21. The number of likely N-dealkylation sites (N-methyl/N-ethyl adjacent to an activating group) is 1. The molecule has 0 unspecified atom stereocenters. The minimum Gasteiger partial charge on any atom is -0.329 e. The van der Waals surface area contributed by atoms with Crippen molar-refractivity contribution in [3.8, 4) is 0 Å². The summed E-state index contributed by atoms with van der Waals surface area (Å²) in [4.78, 5) is 7.37. The fraction of sp³-hybridized carbons (Fsp3) is 0.786. The molecular weight excluding hydrogens is 224 g/mol. The van der Waals surface area contributed by atoms with E-state index in [9.17, 15) is 0 Å². The highest BCUT2D eigenvalue weighted by Crippen LogP contribution is 2.35. The van der Waals surface area contributed by atoms with Crippen LogP contribution in [-0.2, 0) is 19.6 Å². The van der Waals surface area contributed by atoms with Gasteiger partial charge in [-0.3, -0.25) is 4.90 Å². The number of hydrogen-bond donors (Lipinski definition) is 1. The van der Waals surface area contributed by atoms with Gasteiger partial charge in [-0.25, -0.2) is 4.98 Å². The first kappa shape index (κ1) is 12.2. The maximum Gasteiger partial charge on any atom is 0.112 e. The first-order valence-electron chi connectivity index (χ1n) is 7.21. The van der Waals surface area contributed by atoms with Crippen molar-refractivity contribution in [3.05, 3.63) is 17.2 Å². The van der Waals surface area contributed by atoms with Gasteiger partial charge < -0.3 is 9.88 Å². The Balaban J connectivity index is 1.96. The Morgan fingerprint density at radius 1 is 1.28 bits per heavy atom. The Morgan fingerprint density at radius 3 is 2.78 bits per heavy atom. The van der Waals surface area contributed by atoms with Crippen LogP contribution < -0.4 is 5.32 Å². The van der Waals surface area contributed by atoms with Crippen LogP contribution in [0, 0.1) is 0 Å². The van der Waals surface area contributed by atoms with Gasteiger partial charge in [0.05, 0.1) is 11.4 Å². The minimum atomic E-state index is 0.720. The fourth-order valence-electron chi connectivity index (χ4n) is 3.39. The van der Waals surface area contributed by atoms with E-state index in [0.717, 1.165) is 32.1 Å². The number of imidazole rings is 1. The van der Waals surface area contributed by atoms with E-state index in [-0.39, 0.29) is 0 Å². The molecule has 1 aromatic rings. The average molecular weight is 248 g/mol. The molecule has 1 fully saturated rings. The van der Waals surface area contributed by atoms with Crippen molar-refractivity contribution >= 4 is 0 Å². The Kier molecular flexibility index (Phi) is 3.39. The summed E-state index contributed by atoms with van der Waals surface area (Å²) in [6.07, 6.45) is 5.44. The summed E-state index contributed by atoms with van der Waals surface area (Å²) in [5.74, 6) is 2.10. The summed E-state index contributed by atoms with van der Waals surface area (Å²) in [5, 5.41) is 3.26. The van der Waals surface area contributed by atoms with E-state index in [1.807, 2.05) is 7.05 Å². The fourth-order valence-corrected chi connectivity index (χ4v) is 3.39. The van der Waals surface area contributed by atoms with E-state index in [4.69, 9.17) is 4.98 Å². The summed E-state index contributed by atoms with van der Waals surface area (Å²) in [6.45, 7) is 4.23. The van der Waals surface area contributed by atoms with E-state index in [2.05, 4.69) is 21.8 Å². The molecule has 2 heterocycles. The smallest absolute Gasteiger partial charge is 0.112 e. The summed E-state index contributed by atoms with van der Waals surface area (Å²) in [6, 6.07) is 0. The SMILES string of the molecule is CNCc1nc(C2CCCC2)n2c1CN(C)CC2. The standard InChI is InChI=1S/C14H24N4/c1-15-9-12-13-10-17(2)7-8-18(13)14(16-12)11-5-3-4-6-11/h11,15H,3-10H2,1-2H3. The van der Waals surface area contributed by atoms with Gasteiger partial charge in [0.2, 0.25) is 0 Å². The lowest BCUT2D eigenvalue weighted by atomic mass is 10.1. The Labute approximate surface area is 109 Å². The molecule has 1 aromatic heterocycles. The summed E-state index contributed by atoms with van der Waals surface area (Å²) < 4.78 is 2.52. The number of aromatic nitrogens is 2. The minimum absolute atomic E-state index is 0.720. The van der Waals surface area contributed by atoms with E-state index in [1.165, 1.54) is 42.9 Å². The second-order valence-corrected chi connectivity index (χ2v) is 5.76. The second kappa shape index (κ2) is 5.02. The molecule has 1 saturated carbocycles. The van der Waals surface area contributed by atoms with Gasteiger partial charge in [-0.15, -0.1) is 0 Å². The van der Waals surface area contributed by atoms with E-state index >= 15 is 0 Å². The Morgan fingerprint density at radius 2 is 2.06 bits per heavy atom. The third-order valence-electron chi connectivity index (χ3n) is 4.37. The summed E-state index contributed by atoms with van der Waals surface area (Å²) in [5.41, 5.74) is 2.71. The molecule has 3 rings (SSSR count). The molecule has 1 aliphatic carbocycles. The first-order chi connectivity index (χ1) is 8.79. The van der Waals surface area contributed by atoms with E-state index in [1.54, 1.807) is 0 Å². The van der Waals surface area contributed by atoms with Gasteiger partial charge in [-0.1, -0.05) is 12.8 Å². The Bertz CT molecular complexity index is 418. The predicted octanol–water partition coefficient (Wildman–Crippen LogP) is 1.71. The zero-order valence-electron chi connectivity index (χ0n) is 11.6. The molecular formula is C14H24N4. The van der Waals surface area contributed by atoms with Crippen molar-refractivity contribution in [2.24, 2.45) is 0 Å². The molecule has 0 atom stereocenters. The third-order valence-corrected chi connectivity index (χ3v) is 4.37. The molecule has 0 amide bonds. The zero-order chi connectivity index (χ0) is 12.5. The van der Waals surface area contributed by atoms with Crippen LogP contribution in [0.15, 0.2) is 0 Å². The molecule has 0 saturated heterocycles. The van der Waals surface area contributed by atoms with Gasteiger partial charge in [-0.2, -0.15) is 0 Å². The molecule has 18 heavy (non-hydrogen) atoms. The van der Waals surface area contributed by atoms with Crippen LogP contribution in [0.3, 0.4) is 0 Å². The van der Waals surface area contributed by atoms with Crippen LogP contribution in [0.4, 0.5) is 0 Å². The van der Waals surface area contributed by atoms with Crippen LogP contribution >= 0.6 is 0 Å². The van der Waals surface area contributed by atoms with Crippen LogP contribution in [0.25, 0.3) is 0 Å². The Hall–Kier alpha value is -0.870. The summed E-state index contributed by atoms with van der Waals surface area (Å²) >= 11 is 0. The zero-order valence-corrected chi connectivity index (χ0v) is 11.6. The maximum absolute atomic E-state index is 4.97. The van der Waals surface area contributed by atoms with Gasteiger partial charge in [0.15, 0.2) is 0 Å². The van der Waals surface area contributed by atoms with E-state index in [0.29, 0.717) is 0 Å². The average Bonchev–Trinajstić information content (AvgIpc) is 2.97. The van der Waals surface area contributed by atoms with Crippen LogP contribution in [-0.4, -0.2) is 35.1 Å². The van der Waals surface area contributed by atoms with Crippen LogP contribution in [0.1, 0.15) is 48.8 Å². The quantitative estimate of drug-likeness (QED) is 0.884. The summed E-state index contributed by atoms with van der Waals surface area (Å²) in [7, 11) is 4.21. The van der Waals surface area contributed by atoms with E-state index < -0.39 is 0 Å². The van der Waals surface area contributed by atoms with Crippen LogP contribution in [0.5, 0.6) is 0 Å². The number of rotatable bonds is 3. The number of hydrogen-bond acceptors (Lipinski definition) is 3. The molecule has 0 spiro atoms. The van der Waals surface area contributed by atoms with Gasteiger partial charge in [0.25, 0.3) is 0 Å². The number of nitrogens with one attached hydrogen (secondary N) is 1. The van der Waals surface area contributed by atoms with Crippen molar-refractivity contribution in [1.29, 1.82) is 0 Å². The third kappa shape index (κ3) is 2.08. The van der Waals surface area contributed by atoms with Gasteiger partial charge >= 0.3 is 0 Å². The van der Waals surface area contributed by atoms with Gasteiger partial charge in [-0.05, 0) is 26.9 Å². The highest BCUT2D eigenvalue weighted by atomic mass is 15.2. The largest absolute Gasteiger partial charge is 0.329 e. The van der Waals surface area contributed by atoms with Crippen molar-refractivity contribution in [2.75, 3.05) is 20.6 Å². The van der Waals surface area contributed by atoms with Crippen molar-refractivity contribution < 1.29 is 0 Å². The lowest BCUT2D eigenvalue weighted by Crippen LogP contribution is -2.31. The monoisotopic (exact) mass is 248 g/mol. The van der Waals surface area contributed by atoms with Crippen molar-refractivity contribution in [3.63, 3.8) is 0 Å².